The molecule has 33 heavy (non-hydrogen) atoms. The highest BCUT2D eigenvalue weighted by atomic mass is 32.2. The molecule has 0 spiro atoms. The maximum atomic E-state index is 13.5. The Bertz CT molecular complexity index is 1190. The molecule has 6 nitrogen and oxygen atoms in total. The number of rotatable bonds is 9. The molecular weight excluding hydrogens is 436 g/mol. The van der Waals surface area contributed by atoms with Gasteiger partial charge in [-0.2, -0.15) is 0 Å². The molecule has 0 aliphatic heterocycles. The fourth-order valence-electron chi connectivity index (χ4n) is 3.56. The van der Waals surface area contributed by atoms with Gasteiger partial charge in [-0.25, -0.2) is 8.42 Å². The highest BCUT2D eigenvalue weighted by molar-refractivity contribution is 7.92. The van der Waals surface area contributed by atoms with E-state index >= 15 is 0 Å². The largest absolute Gasteiger partial charge is 0.497 e. The number of methoxy groups -OCH3 is 1. The molecule has 1 N–H and O–H groups in total. The maximum absolute atomic E-state index is 13.5. The third-order valence-electron chi connectivity index (χ3n) is 5.66. The van der Waals surface area contributed by atoms with E-state index in [4.69, 9.17) is 4.74 Å². The van der Waals surface area contributed by atoms with Gasteiger partial charge in [0, 0.05) is 0 Å². The molecule has 0 fully saturated rings. The van der Waals surface area contributed by atoms with Gasteiger partial charge in [0.15, 0.2) is 0 Å². The number of sulfonamides is 1. The van der Waals surface area contributed by atoms with Crippen LogP contribution in [0.3, 0.4) is 0 Å². The van der Waals surface area contributed by atoms with Crippen LogP contribution < -0.4 is 14.4 Å². The van der Waals surface area contributed by atoms with Crippen molar-refractivity contribution in [3.05, 3.63) is 89.5 Å². The number of amides is 1. The molecule has 3 aromatic carbocycles. The van der Waals surface area contributed by atoms with Crippen molar-refractivity contribution in [3.8, 4) is 5.75 Å². The number of para-hydroxylation sites is 1. The Hall–Kier alpha value is -3.32. The predicted octanol–water partition coefficient (Wildman–Crippen LogP) is 4.77. The minimum Gasteiger partial charge on any atom is -0.497 e. The smallest absolute Gasteiger partial charge is 0.264 e. The van der Waals surface area contributed by atoms with E-state index in [0.29, 0.717) is 17.9 Å². The fraction of sp³-hybridized carbons (Fsp3) is 0.269. The zero-order valence-corrected chi connectivity index (χ0v) is 20.2. The van der Waals surface area contributed by atoms with Crippen LogP contribution in [0.4, 0.5) is 5.69 Å². The average Bonchev–Trinajstić information content (AvgIpc) is 2.83. The molecule has 7 heteroatoms. The molecule has 0 bridgehead atoms. The standard InChI is InChI=1S/C26H30N2O4S/c1-5-25(21-12-11-19(2)20(3)17-21)27-26(29)18-28(22-9-7-6-8-10-22)33(30,31)24-15-13-23(32-4)14-16-24/h6-17,25H,5,18H2,1-4H3,(H,27,29). The predicted molar refractivity (Wildman–Crippen MR) is 131 cm³/mol. The van der Waals surface area contributed by atoms with E-state index in [1.807, 2.05) is 32.9 Å². The molecule has 3 aromatic rings. The second-order valence-corrected chi connectivity index (χ2v) is 9.76. The van der Waals surface area contributed by atoms with Crippen molar-refractivity contribution in [2.75, 3.05) is 18.0 Å². The summed E-state index contributed by atoms with van der Waals surface area (Å²) < 4.78 is 33.2. The van der Waals surface area contributed by atoms with Crippen molar-refractivity contribution >= 4 is 21.6 Å². The number of benzene rings is 3. The van der Waals surface area contributed by atoms with Crippen molar-refractivity contribution < 1.29 is 17.9 Å². The SMILES string of the molecule is CCC(NC(=O)CN(c1ccccc1)S(=O)(=O)c1ccc(OC)cc1)c1ccc(C)c(C)c1. The Kier molecular flexibility index (Phi) is 7.76. The van der Waals surface area contributed by atoms with E-state index < -0.39 is 10.0 Å². The van der Waals surface area contributed by atoms with Gasteiger partial charge in [-0.05, 0) is 73.4 Å². The zero-order chi connectivity index (χ0) is 24.0. The van der Waals surface area contributed by atoms with Gasteiger partial charge in [0.1, 0.15) is 12.3 Å². The van der Waals surface area contributed by atoms with E-state index in [1.165, 1.54) is 24.8 Å². The number of hydrogen-bond donors (Lipinski definition) is 1. The minimum atomic E-state index is -3.98. The Balaban J connectivity index is 1.88. The van der Waals surface area contributed by atoms with Gasteiger partial charge < -0.3 is 10.1 Å². The molecular formula is C26H30N2O4S. The highest BCUT2D eigenvalue weighted by Crippen LogP contribution is 2.25. The van der Waals surface area contributed by atoms with Crippen LogP contribution in [0.25, 0.3) is 0 Å². The molecule has 1 unspecified atom stereocenters. The maximum Gasteiger partial charge on any atom is 0.264 e. The van der Waals surface area contributed by atoms with Gasteiger partial charge in [-0.1, -0.05) is 43.3 Å². The number of anilines is 1. The van der Waals surface area contributed by atoms with Gasteiger partial charge in [-0.15, -0.1) is 0 Å². The van der Waals surface area contributed by atoms with Gasteiger partial charge in [0.2, 0.25) is 5.91 Å². The van der Waals surface area contributed by atoms with Crippen LogP contribution in [-0.4, -0.2) is 28.0 Å². The summed E-state index contributed by atoms with van der Waals surface area (Å²) in [5.41, 5.74) is 3.75. The monoisotopic (exact) mass is 466 g/mol. The van der Waals surface area contributed by atoms with Crippen molar-refractivity contribution in [1.82, 2.24) is 5.32 Å². The average molecular weight is 467 g/mol. The molecule has 0 aromatic heterocycles. The molecule has 0 heterocycles. The van der Waals surface area contributed by atoms with Crippen LogP contribution in [0.2, 0.25) is 0 Å². The summed E-state index contributed by atoms with van der Waals surface area (Å²) in [6.45, 7) is 5.73. The number of carbonyl (C=O) groups is 1. The summed E-state index contributed by atoms with van der Waals surface area (Å²) >= 11 is 0. The first kappa shape index (κ1) is 24.3. The van der Waals surface area contributed by atoms with Crippen LogP contribution in [0.15, 0.2) is 77.7 Å². The topological polar surface area (TPSA) is 75.7 Å². The second-order valence-electron chi connectivity index (χ2n) is 7.89. The van der Waals surface area contributed by atoms with Crippen molar-refractivity contribution in [3.63, 3.8) is 0 Å². The van der Waals surface area contributed by atoms with Gasteiger partial charge in [0.25, 0.3) is 10.0 Å². The van der Waals surface area contributed by atoms with Gasteiger partial charge in [-0.3, -0.25) is 9.10 Å². The summed E-state index contributed by atoms with van der Waals surface area (Å²) in [4.78, 5) is 13.1. The zero-order valence-electron chi connectivity index (χ0n) is 19.4. The van der Waals surface area contributed by atoms with E-state index in [9.17, 15) is 13.2 Å². The number of nitrogens with zero attached hydrogens (tertiary/aromatic N) is 1. The number of nitrogens with one attached hydrogen (secondary N) is 1. The second kappa shape index (κ2) is 10.5. The first-order chi connectivity index (χ1) is 15.8. The molecule has 174 valence electrons. The van der Waals surface area contributed by atoms with E-state index in [1.54, 1.807) is 42.5 Å². The van der Waals surface area contributed by atoms with Crippen LogP contribution in [0, 0.1) is 13.8 Å². The molecule has 1 atom stereocenters. The molecule has 0 aliphatic rings. The lowest BCUT2D eigenvalue weighted by atomic mass is 9.99. The van der Waals surface area contributed by atoms with Crippen LogP contribution >= 0.6 is 0 Å². The third-order valence-corrected chi connectivity index (χ3v) is 7.44. The lowest BCUT2D eigenvalue weighted by Crippen LogP contribution is -2.42. The number of aryl methyl sites for hydroxylation is 2. The normalized spacial score (nSPS) is 12.1. The van der Waals surface area contributed by atoms with Gasteiger partial charge >= 0.3 is 0 Å². The first-order valence-corrected chi connectivity index (χ1v) is 12.3. The third kappa shape index (κ3) is 5.73. The van der Waals surface area contributed by atoms with Crippen molar-refractivity contribution in [2.24, 2.45) is 0 Å². The quantitative estimate of drug-likeness (QED) is 0.493. The molecule has 0 radical (unpaired) electrons. The summed E-state index contributed by atoms with van der Waals surface area (Å²) in [6, 6.07) is 20.7. The molecule has 3 rings (SSSR count). The lowest BCUT2D eigenvalue weighted by Gasteiger charge is -2.26. The van der Waals surface area contributed by atoms with E-state index in [-0.39, 0.29) is 23.4 Å². The number of ether oxygens (including phenoxy) is 1. The highest BCUT2D eigenvalue weighted by Gasteiger charge is 2.28. The Morgan fingerprint density at radius 1 is 0.970 bits per heavy atom. The molecule has 1 amide bonds. The molecule has 0 saturated carbocycles. The summed E-state index contributed by atoms with van der Waals surface area (Å²) in [5, 5.41) is 3.01. The van der Waals surface area contributed by atoms with Crippen molar-refractivity contribution in [1.29, 1.82) is 0 Å². The summed E-state index contributed by atoms with van der Waals surface area (Å²) in [6.07, 6.45) is 0.685. The minimum absolute atomic E-state index is 0.0844. The number of carbonyl (C=O) groups excluding carboxylic acids is 1. The molecule has 0 aliphatic carbocycles. The number of hydrogen-bond acceptors (Lipinski definition) is 4. The fourth-order valence-corrected chi connectivity index (χ4v) is 4.98. The summed E-state index contributed by atoms with van der Waals surface area (Å²) in [7, 11) is -2.46. The van der Waals surface area contributed by atoms with E-state index in [0.717, 1.165) is 15.4 Å². The Labute approximate surface area is 196 Å². The molecule has 0 saturated heterocycles. The first-order valence-electron chi connectivity index (χ1n) is 10.8. The Morgan fingerprint density at radius 3 is 2.21 bits per heavy atom. The summed E-state index contributed by atoms with van der Waals surface area (Å²) in [5.74, 6) is 0.179. The van der Waals surface area contributed by atoms with E-state index in [2.05, 4.69) is 11.4 Å². The van der Waals surface area contributed by atoms with Crippen LogP contribution in [-0.2, 0) is 14.8 Å². The van der Waals surface area contributed by atoms with Crippen molar-refractivity contribution in [2.45, 2.75) is 38.1 Å². The lowest BCUT2D eigenvalue weighted by molar-refractivity contribution is -0.120. The Morgan fingerprint density at radius 2 is 1.64 bits per heavy atom. The van der Waals surface area contributed by atoms with Crippen LogP contribution in [0.1, 0.15) is 36.1 Å². The van der Waals surface area contributed by atoms with Gasteiger partial charge in [0.05, 0.1) is 23.7 Å². The van der Waals surface area contributed by atoms with Crippen LogP contribution in [0.5, 0.6) is 5.75 Å².